The fourth-order valence-electron chi connectivity index (χ4n) is 4.34. The van der Waals surface area contributed by atoms with Gasteiger partial charge < -0.3 is 9.47 Å². The maximum atomic E-state index is 13.8. The molecule has 1 aliphatic heterocycles. The number of hydrogen-bond donors (Lipinski definition) is 2. The summed E-state index contributed by atoms with van der Waals surface area (Å²) in [5, 5.41) is 2.46. The molecule has 0 spiro atoms. The standard InChI is InChI=1S/C30H29F6N3O7S/c1-28(2,3)46-27(41)37-21-11-12-25-24(14-21)39(47(42,43)23-6-4-5-20(13-23)30(34,35)36)16-22(45-25)15-26(40)38-44-17-18-7-9-19(10-8-18)29(31,32)33/h4-14,22H,15-17H2,1-3H3,(H,37,41)(H,38,40)/t22-/m0/s1. The minimum atomic E-state index is -4.83. The van der Waals surface area contributed by atoms with E-state index in [0.717, 1.165) is 28.6 Å². The molecule has 1 heterocycles. The third kappa shape index (κ3) is 9.28. The minimum absolute atomic E-state index is 0.0648. The monoisotopic (exact) mass is 689 g/mol. The molecule has 0 saturated heterocycles. The van der Waals surface area contributed by atoms with Crippen molar-refractivity contribution in [2.75, 3.05) is 16.2 Å². The van der Waals surface area contributed by atoms with Crippen LogP contribution >= 0.6 is 0 Å². The Morgan fingerprint density at radius 2 is 1.57 bits per heavy atom. The fraction of sp³-hybridized carbons (Fsp3) is 0.333. The number of ether oxygens (including phenoxy) is 2. The Balaban J connectivity index is 1.55. The molecule has 10 nitrogen and oxygen atoms in total. The molecule has 1 atom stereocenters. The van der Waals surface area contributed by atoms with Crippen LogP contribution in [0.2, 0.25) is 0 Å². The highest BCUT2D eigenvalue weighted by Crippen LogP contribution is 2.40. The lowest BCUT2D eigenvalue weighted by molar-refractivity contribution is -0.138. The number of carbonyl (C=O) groups is 2. The molecule has 0 unspecified atom stereocenters. The molecule has 47 heavy (non-hydrogen) atoms. The van der Waals surface area contributed by atoms with E-state index in [2.05, 4.69) is 10.8 Å². The summed E-state index contributed by atoms with van der Waals surface area (Å²) in [6.07, 6.45) is -11.9. The SMILES string of the molecule is CC(C)(C)OC(=O)Nc1ccc2c(c1)N(S(=O)(=O)c1cccc(C(F)(F)F)c1)C[C@H](CC(=O)NOCc1ccc(C(F)(F)F)cc1)O2. The lowest BCUT2D eigenvalue weighted by atomic mass is 10.1. The van der Waals surface area contributed by atoms with Crippen LogP contribution in [0.15, 0.2) is 71.6 Å². The van der Waals surface area contributed by atoms with Crippen LogP contribution in [-0.4, -0.2) is 38.7 Å². The maximum Gasteiger partial charge on any atom is 0.416 e. The van der Waals surface area contributed by atoms with Crippen molar-refractivity contribution in [3.05, 3.63) is 83.4 Å². The number of fused-ring (bicyclic) bond motifs is 1. The predicted molar refractivity (Wildman–Crippen MR) is 156 cm³/mol. The molecule has 254 valence electrons. The molecule has 0 aliphatic carbocycles. The average molecular weight is 690 g/mol. The molecule has 0 fully saturated rings. The molecule has 1 aliphatic rings. The molecule has 0 bridgehead atoms. The molecule has 2 N–H and O–H groups in total. The molecule has 3 aromatic carbocycles. The molecule has 4 rings (SSSR count). The number of amides is 2. The van der Waals surface area contributed by atoms with Gasteiger partial charge in [0.25, 0.3) is 10.0 Å². The van der Waals surface area contributed by atoms with Crippen molar-refractivity contribution in [2.45, 2.75) is 62.8 Å². The highest BCUT2D eigenvalue weighted by Gasteiger charge is 2.38. The van der Waals surface area contributed by atoms with Crippen molar-refractivity contribution in [2.24, 2.45) is 0 Å². The number of anilines is 2. The second-order valence-electron chi connectivity index (χ2n) is 11.3. The first-order chi connectivity index (χ1) is 21.7. The number of alkyl halides is 6. The largest absolute Gasteiger partial charge is 0.486 e. The van der Waals surface area contributed by atoms with Crippen LogP contribution < -0.4 is 19.8 Å². The van der Waals surface area contributed by atoms with Gasteiger partial charge in [-0.05, 0) is 74.9 Å². The number of nitrogens with zero attached hydrogens (tertiary/aromatic N) is 1. The second-order valence-corrected chi connectivity index (χ2v) is 13.2. The van der Waals surface area contributed by atoms with E-state index in [-0.39, 0.29) is 23.7 Å². The van der Waals surface area contributed by atoms with Gasteiger partial charge in [-0.2, -0.15) is 26.3 Å². The van der Waals surface area contributed by atoms with E-state index < -0.39 is 75.1 Å². The van der Waals surface area contributed by atoms with Gasteiger partial charge in [-0.1, -0.05) is 18.2 Å². The Bertz CT molecular complexity index is 1720. The van der Waals surface area contributed by atoms with Crippen molar-refractivity contribution < 1.29 is 58.7 Å². The van der Waals surface area contributed by atoms with Crippen LogP contribution in [0, 0.1) is 0 Å². The van der Waals surface area contributed by atoms with Crippen molar-refractivity contribution in [1.29, 1.82) is 0 Å². The third-order valence-electron chi connectivity index (χ3n) is 6.40. The number of nitrogens with one attached hydrogen (secondary N) is 2. The lowest BCUT2D eigenvalue weighted by Crippen LogP contribution is -2.45. The first-order valence-electron chi connectivity index (χ1n) is 13.8. The zero-order chi connectivity index (χ0) is 34.8. The van der Waals surface area contributed by atoms with Gasteiger partial charge in [0, 0.05) is 5.69 Å². The molecular weight excluding hydrogens is 660 g/mol. The van der Waals surface area contributed by atoms with E-state index >= 15 is 0 Å². The van der Waals surface area contributed by atoms with Crippen LogP contribution in [0.1, 0.15) is 43.9 Å². The van der Waals surface area contributed by atoms with Gasteiger partial charge in [0.15, 0.2) is 0 Å². The molecule has 0 aromatic heterocycles. The first kappa shape index (κ1) is 35.3. The Kier molecular flexibility index (Phi) is 10.0. The molecule has 0 saturated carbocycles. The average Bonchev–Trinajstić information content (AvgIpc) is 2.95. The fourth-order valence-corrected chi connectivity index (χ4v) is 5.89. The topological polar surface area (TPSA) is 123 Å². The van der Waals surface area contributed by atoms with Crippen LogP contribution in [-0.2, 0) is 43.4 Å². The van der Waals surface area contributed by atoms with E-state index in [1.54, 1.807) is 20.8 Å². The van der Waals surface area contributed by atoms with Crippen LogP contribution in [0.5, 0.6) is 5.75 Å². The minimum Gasteiger partial charge on any atom is -0.486 e. The highest BCUT2D eigenvalue weighted by atomic mass is 32.2. The van der Waals surface area contributed by atoms with Crippen LogP contribution in [0.3, 0.4) is 0 Å². The van der Waals surface area contributed by atoms with Gasteiger partial charge in [-0.25, -0.2) is 18.7 Å². The van der Waals surface area contributed by atoms with E-state index in [1.807, 2.05) is 0 Å². The van der Waals surface area contributed by atoms with Gasteiger partial charge in [-0.3, -0.25) is 19.3 Å². The molecular formula is C30H29F6N3O7S. The quantitative estimate of drug-likeness (QED) is 0.200. The van der Waals surface area contributed by atoms with E-state index in [0.29, 0.717) is 17.7 Å². The summed E-state index contributed by atoms with van der Waals surface area (Å²) < 4.78 is 118. The van der Waals surface area contributed by atoms with Gasteiger partial charge in [0.2, 0.25) is 5.91 Å². The van der Waals surface area contributed by atoms with Crippen LogP contribution in [0.25, 0.3) is 0 Å². The summed E-state index contributed by atoms with van der Waals surface area (Å²) in [4.78, 5) is 29.4. The normalized spacial score (nSPS) is 15.3. The zero-order valence-electron chi connectivity index (χ0n) is 25.0. The van der Waals surface area contributed by atoms with Crippen molar-refractivity contribution in [3.63, 3.8) is 0 Å². The van der Waals surface area contributed by atoms with Gasteiger partial charge >= 0.3 is 18.4 Å². The summed E-state index contributed by atoms with van der Waals surface area (Å²) in [7, 11) is -4.70. The zero-order valence-corrected chi connectivity index (χ0v) is 25.8. The van der Waals surface area contributed by atoms with Gasteiger partial charge in [0.1, 0.15) is 17.5 Å². The summed E-state index contributed by atoms with van der Waals surface area (Å²) in [5.41, 5.74) is -0.541. The number of benzene rings is 3. The summed E-state index contributed by atoms with van der Waals surface area (Å²) in [6.45, 7) is 4.07. The number of halogens is 6. The highest BCUT2D eigenvalue weighted by molar-refractivity contribution is 7.92. The Morgan fingerprint density at radius 3 is 2.19 bits per heavy atom. The Labute approximate surface area is 265 Å². The smallest absolute Gasteiger partial charge is 0.416 e. The number of hydroxylamine groups is 1. The molecule has 2 amide bonds. The molecule has 0 radical (unpaired) electrons. The van der Waals surface area contributed by atoms with E-state index in [4.69, 9.17) is 14.3 Å². The summed E-state index contributed by atoms with van der Waals surface area (Å²) >= 11 is 0. The van der Waals surface area contributed by atoms with Crippen molar-refractivity contribution in [3.8, 4) is 5.75 Å². The summed E-state index contributed by atoms with van der Waals surface area (Å²) in [6, 6.07) is 11.1. The van der Waals surface area contributed by atoms with E-state index in [1.165, 1.54) is 30.3 Å². The molecule has 17 heteroatoms. The van der Waals surface area contributed by atoms with Gasteiger partial charge in [0.05, 0.1) is 41.3 Å². The number of hydrogen-bond acceptors (Lipinski definition) is 7. The van der Waals surface area contributed by atoms with E-state index in [9.17, 15) is 44.3 Å². The number of rotatable bonds is 8. The maximum absolute atomic E-state index is 13.8. The lowest BCUT2D eigenvalue weighted by Gasteiger charge is -2.35. The summed E-state index contributed by atoms with van der Waals surface area (Å²) in [5.74, 6) is -0.852. The predicted octanol–water partition coefficient (Wildman–Crippen LogP) is 6.67. The number of sulfonamides is 1. The van der Waals surface area contributed by atoms with Crippen LogP contribution in [0.4, 0.5) is 42.5 Å². The van der Waals surface area contributed by atoms with Crippen molar-refractivity contribution >= 4 is 33.4 Å². The third-order valence-corrected chi connectivity index (χ3v) is 8.18. The second kappa shape index (κ2) is 13.3. The first-order valence-corrected chi connectivity index (χ1v) is 15.2. The number of carbonyl (C=O) groups excluding carboxylic acids is 2. The van der Waals surface area contributed by atoms with Crippen molar-refractivity contribution in [1.82, 2.24) is 5.48 Å². The Hall–Kier alpha value is -4.51. The molecule has 3 aromatic rings. The Morgan fingerprint density at radius 1 is 0.915 bits per heavy atom. The van der Waals surface area contributed by atoms with Gasteiger partial charge in [-0.15, -0.1) is 0 Å².